The number of amides is 1. The van der Waals surface area contributed by atoms with E-state index in [1.807, 2.05) is 18.2 Å². The molecule has 1 amide bonds. The maximum Gasteiger partial charge on any atom is 0.308 e. The Kier molecular flexibility index (Phi) is 10.3. The van der Waals surface area contributed by atoms with Gasteiger partial charge in [0, 0.05) is 19.2 Å². The summed E-state index contributed by atoms with van der Waals surface area (Å²) in [6.07, 6.45) is 0.645. The minimum absolute atomic E-state index is 0.0328. The Morgan fingerprint density at radius 1 is 1.08 bits per heavy atom. The molecule has 1 aromatic heterocycles. The number of nitrogens with zero attached hydrogens (tertiary/aromatic N) is 1. The van der Waals surface area contributed by atoms with Crippen LogP contribution >= 0.6 is 0 Å². The monoisotopic (exact) mass is 550 g/mol. The average molecular weight is 551 g/mol. The van der Waals surface area contributed by atoms with Crippen molar-refractivity contribution in [3.8, 4) is 0 Å². The quantitative estimate of drug-likeness (QED) is 0.243. The third-order valence-electron chi connectivity index (χ3n) is 5.79. The van der Waals surface area contributed by atoms with E-state index in [9.17, 15) is 27.1 Å². The summed E-state index contributed by atoms with van der Waals surface area (Å²) in [5.74, 6) is -2.25. The molecule has 4 N–H and O–H groups in total. The third-order valence-corrected chi connectivity index (χ3v) is 7.03. The lowest BCUT2D eigenvalue weighted by molar-refractivity contribution is -0.122. The Morgan fingerprint density at radius 2 is 1.79 bits per heavy atom. The number of halogens is 2. The van der Waals surface area contributed by atoms with Crippen molar-refractivity contribution in [2.75, 3.05) is 17.0 Å². The second-order valence-corrected chi connectivity index (χ2v) is 10.9. The molecule has 0 unspecified atom stereocenters. The van der Waals surface area contributed by atoms with Crippen molar-refractivity contribution in [2.24, 2.45) is 0 Å². The van der Waals surface area contributed by atoms with Crippen LogP contribution in [0.5, 0.6) is 0 Å². The SMILES string of the molecule is CCc1cccc(CNC[C@@H](O)[C@H](Cc2cc(F)cc(F)c2)NC(=O)Cc2coc(NS(=O)(=O)CC)n2)c1. The summed E-state index contributed by atoms with van der Waals surface area (Å²) in [5, 5.41) is 16.7. The van der Waals surface area contributed by atoms with E-state index < -0.39 is 39.7 Å². The Bertz CT molecular complexity index is 1310. The Morgan fingerprint density at radius 3 is 2.47 bits per heavy atom. The third kappa shape index (κ3) is 9.19. The van der Waals surface area contributed by atoms with Crippen LogP contribution in [0.3, 0.4) is 0 Å². The number of aryl methyl sites for hydroxylation is 1. The van der Waals surface area contributed by atoms with E-state index >= 15 is 0 Å². The highest BCUT2D eigenvalue weighted by atomic mass is 32.2. The van der Waals surface area contributed by atoms with Crippen molar-refractivity contribution >= 4 is 21.9 Å². The number of carbonyl (C=O) groups is 1. The highest BCUT2D eigenvalue weighted by Gasteiger charge is 2.23. The van der Waals surface area contributed by atoms with E-state index in [-0.39, 0.29) is 42.4 Å². The van der Waals surface area contributed by atoms with Gasteiger partial charge in [0.2, 0.25) is 15.9 Å². The van der Waals surface area contributed by atoms with Crippen LogP contribution in [0.2, 0.25) is 0 Å². The fourth-order valence-electron chi connectivity index (χ4n) is 3.79. The molecule has 9 nitrogen and oxygen atoms in total. The molecule has 0 fully saturated rings. The van der Waals surface area contributed by atoms with E-state index in [0.717, 1.165) is 36.4 Å². The molecule has 12 heteroatoms. The van der Waals surface area contributed by atoms with Crippen molar-refractivity contribution in [2.45, 2.75) is 51.8 Å². The van der Waals surface area contributed by atoms with Crippen LogP contribution in [-0.2, 0) is 40.6 Å². The van der Waals surface area contributed by atoms with E-state index in [2.05, 4.69) is 33.3 Å². The van der Waals surface area contributed by atoms with E-state index in [1.54, 1.807) is 0 Å². The van der Waals surface area contributed by atoms with Gasteiger partial charge in [-0.2, -0.15) is 4.98 Å². The molecule has 0 aliphatic rings. The molecule has 0 aliphatic heterocycles. The molecule has 206 valence electrons. The first-order chi connectivity index (χ1) is 18.1. The summed E-state index contributed by atoms with van der Waals surface area (Å²) >= 11 is 0. The summed E-state index contributed by atoms with van der Waals surface area (Å²) < 4.78 is 58.1. The molecular formula is C26H32F2N4O5S. The van der Waals surface area contributed by atoms with Crippen LogP contribution in [0.25, 0.3) is 0 Å². The lowest BCUT2D eigenvalue weighted by Crippen LogP contribution is -2.49. The standard InChI is InChI=1S/C26H32F2N4O5S/c1-3-17-6-5-7-18(8-17)14-29-15-24(33)23(11-19-9-20(27)12-21(28)10-19)31-25(34)13-22-16-37-26(30-22)32-38(35,36)4-2/h5-10,12,16,23-24,29,33H,3-4,11,13-15H2,1-2H3,(H,30,32)(H,31,34)/t23-,24+/m0/s1. The fraction of sp³-hybridized carbons (Fsp3) is 0.385. The number of aromatic nitrogens is 1. The molecule has 3 aromatic rings. The number of anilines is 1. The maximum atomic E-state index is 13.8. The van der Waals surface area contributed by atoms with Gasteiger partial charge in [-0.3, -0.25) is 4.79 Å². The minimum Gasteiger partial charge on any atom is -0.431 e. The first-order valence-corrected chi connectivity index (χ1v) is 13.9. The predicted molar refractivity (Wildman–Crippen MR) is 139 cm³/mol. The summed E-state index contributed by atoms with van der Waals surface area (Å²) in [6.45, 7) is 4.09. The van der Waals surface area contributed by atoms with Crippen LogP contribution in [0.15, 0.2) is 53.1 Å². The Balaban J connectivity index is 1.66. The molecule has 0 saturated carbocycles. The van der Waals surface area contributed by atoms with Crippen molar-refractivity contribution in [3.63, 3.8) is 0 Å². The first-order valence-electron chi connectivity index (χ1n) is 12.2. The van der Waals surface area contributed by atoms with Gasteiger partial charge in [0.25, 0.3) is 0 Å². The van der Waals surface area contributed by atoms with E-state index in [0.29, 0.717) is 6.54 Å². The van der Waals surface area contributed by atoms with Crippen LogP contribution < -0.4 is 15.4 Å². The second kappa shape index (κ2) is 13.4. The fourth-order valence-corrected chi connectivity index (χ4v) is 4.30. The van der Waals surface area contributed by atoms with Gasteiger partial charge in [-0.05, 0) is 48.6 Å². The average Bonchev–Trinajstić information content (AvgIpc) is 3.28. The molecule has 3 rings (SSSR count). The molecular weight excluding hydrogens is 518 g/mol. The number of benzene rings is 2. The molecule has 1 heterocycles. The predicted octanol–water partition coefficient (Wildman–Crippen LogP) is 2.70. The van der Waals surface area contributed by atoms with Gasteiger partial charge in [-0.1, -0.05) is 31.2 Å². The van der Waals surface area contributed by atoms with Gasteiger partial charge in [0.05, 0.1) is 30.0 Å². The van der Waals surface area contributed by atoms with Gasteiger partial charge in [-0.25, -0.2) is 21.9 Å². The summed E-state index contributed by atoms with van der Waals surface area (Å²) in [5.41, 5.74) is 2.64. The zero-order valence-corrected chi connectivity index (χ0v) is 22.0. The topological polar surface area (TPSA) is 134 Å². The minimum atomic E-state index is -3.60. The number of rotatable bonds is 14. The number of nitrogens with one attached hydrogen (secondary N) is 3. The molecule has 0 saturated heterocycles. The van der Waals surface area contributed by atoms with Gasteiger partial charge < -0.3 is 20.2 Å². The lowest BCUT2D eigenvalue weighted by Gasteiger charge is -2.25. The van der Waals surface area contributed by atoms with Crippen LogP contribution in [-0.4, -0.2) is 48.9 Å². The number of oxazole rings is 1. The zero-order valence-electron chi connectivity index (χ0n) is 21.2. The highest BCUT2D eigenvalue weighted by molar-refractivity contribution is 7.92. The molecule has 0 aliphatic carbocycles. The van der Waals surface area contributed by atoms with E-state index in [4.69, 9.17) is 4.42 Å². The number of hydrogen-bond donors (Lipinski definition) is 4. The van der Waals surface area contributed by atoms with Crippen molar-refractivity contribution in [1.82, 2.24) is 15.6 Å². The summed E-state index contributed by atoms with van der Waals surface area (Å²) in [6, 6.07) is 9.87. The van der Waals surface area contributed by atoms with Crippen molar-refractivity contribution in [1.29, 1.82) is 0 Å². The van der Waals surface area contributed by atoms with Crippen LogP contribution in [0, 0.1) is 11.6 Å². The van der Waals surface area contributed by atoms with Crippen LogP contribution in [0.4, 0.5) is 14.8 Å². The smallest absolute Gasteiger partial charge is 0.308 e. The highest BCUT2D eigenvalue weighted by Crippen LogP contribution is 2.14. The largest absolute Gasteiger partial charge is 0.431 e. The molecule has 0 radical (unpaired) electrons. The molecule has 2 aromatic carbocycles. The molecule has 2 atom stereocenters. The Labute approximate surface area is 220 Å². The number of sulfonamides is 1. The van der Waals surface area contributed by atoms with Gasteiger partial charge in [-0.15, -0.1) is 0 Å². The van der Waals surface area contributed by atoms with E-state index in [1.165, 1.54) is 12.5 Å². The van der Waals surface area contributed by atoms with Gasteiger partial charge >= 0.3 is 6.01 Å². The first kappa shape index (κ1) is 29.2. The van der Waals surface area contributed by atoms with Gasteiger partial charge in [0.15, 0.2) is 0 Å². The molecule has 0 bridgehead atoms. The number of hydrogen-bond acceptors (Lipinski definition) is 7. The summed E-state index contributed by atoms with van der Waals surface area (Å²) in [4.78, 5) is 16.7. The van der Waals surface area contributed by atoms with Crippen molar-refractivity contribution < 1.29 is 31.5 Å². The number of aliphatic hydroxyl groups excluding tert-OH is 1. The Hall–Kier alpha value is -3.35. The van der Waals surface area contributed by atoms with Gasteiger partial charge in [0.1, 0.15) is 17.9 Å². The second-order valence-electron chi connectivity index (χ2n) is 8.85. The van der Waals surface area contributed by atoms with Crippen molar-refractivity contribution in [3.05, 3.63) is 82.7 Å². The number of aliphatic hydroxyl groups is 1. The maximum absolute atomic E-state index is 13.8. The zero-order chi connectivity index (χ0) is 27.7. The number of carbonyl (C=O) groups excluding carboxylic acids is 1. The lowest BCUT2D eigenvalue weighted by atomic mass is 10.00. The normalized spacial score (nSPS) is 13.2. The summed E-state index contributed by atoms with van der Waals surface area (Å²) in [7, 11) is -3.60. The molecule has 0 spiro atoms. The van der Waals surface area contributed by atoms with Crippen LogP contribution in [0.1, 0.15) is 36.2 Å². The molecule has 38 heavy (non-hydrogen) atoms.